The van der Waals surface area contributed by atoms with Gasteiger partial charge in [-0.25, -0.2) is 4.68 Å². The van der Waals surface area contributed by atoms with Crippen LogP contribution in [-0.2, 0) is 6.54 Å². The second-order valence-corrected chi connectivity index (χ2v) is 4.53. The van der Waals surface area contributed by atoms with Crippen LogP contribution in [0.1, 0.15) is 12.6 Å². The first-order valence-corrected chi connectivity index (χ1v) is 6.10. The number of hydrogen-bond acceptors (Lipinski definition) is 4. The lowest BCUT2D eigenvalue weighted by Gasteiger charge is -2.41. The summed E-state index contributed by atoms with van der Waals surface area (Å²) in [5, 5.41) is 11.6. The quantitative estimate of drug-likeness (QED) is 0.721. The third-order valence-corrected chi connectivity index (χ3v) is 3.54. The zero-order valence-electron chi connectivity index (χ0n) is 9.95. The molecule has 1 aromatic rings. The molecule has 0 radical (unpaired) electrons. The van der Waals surface area contributed by atoms with Crippen LogP contribution in [0, 0.1) is 6.92 Å². The molecule has 3 heterocycles. The van der Waals surface area contributed by atoms with Gasteiger partial charge in [-0.1, -0.05) is 0 Å². The zero-order chi connectivity index (χ0) is 11.1. The van der Waals surface area contributed by atoms with Crippen LogP contribution in [0.4, 0.5) is 11.5 Å². The second-order valence-electron chi connectivity index (χ2n) is 4.53. The number of hydrogen-bond donors (Lipinski definition) is 2. The smallest absolute Gasteiger partial charge is 0.151 e. The Morgan fingerprint density at radius 2 is 2.31 bits per heavy atom. The van der Waals surface area contributed by atoms with E-state index in [2.05, 4.69) is 39.2 Å². The monoisotopic (exact) mass is 221 g/mol. The molecule has 2 aliphatic rings. The predicted octanol–water partition coefficient (Wildman–Crippen LogP) is 0.415. The van der Waals surface area contributed by atoms with Gasteiger partial charge in [-0.05, 0) is 13.8 Å². The Morgan fingerprint density at radius 3 is 3.12 bits per heavy atom. The Balaban J connectivity index is 2.05. The van der Waals surface area contributed by atoms with Crippen LogP contribution >= 0.6 is 0 Å². The van der Waals surface area contributed by atoms with Gasteiger partial charge >= 0.3 is 0 Å². The van der Waals surface area contributed by atoms with Crippen LogP contribution in [-0.4, -0.2) is 42.0 Å². The van der Waals surface area contributed by atoms with E-state index < -0.39 is 0 Å². The van der Waals surface area contributed by atoms with Crippen molar-refractivity contribution in [1.29, 1.82) is 0 Å². The molecule has 3 rings (SSSR count). The van der Waals surface area contributed by atoms with E-state index in [1.54, 1.807) is 0 Å². The summed E-state index contributed by atoms with van der Waals surface area (Å²) in [5.41, 5.74) is 2.36. The molecule has 1 unspecified atom stereocenters. The van der Waals surface area contributed by atoms with Crippen LogP contribution in [0.5, 0.6) is 0 Å². The summed E-state index contributed by atoms with van der Waals surface area (Å²) in [7, 11) is 0. The van der Waals surface area contributed by atoms with Crippen molar-refractivity contribution in [2.24, 2.45) is 0 Å². The number of fused-ring (bicyclic) bond motifs is 3. The van der Waals surface area contributed by atoms with E-state index in [1.807, 2.05) is 0 Å². The average molecular weight is 221 g/mol. The van der Waals surface area contributed by atoms with E-state index in [-0.39, 0.29) is 0 Å². The normalized spacial score (nSPS) is 23.6. The van der Waals surface area contributed by atoms with Crippen LogP contribution in [0.2, 0.25) is 0 Å². The molecule has 2 aliphatic heterocycles. The van der Waals surface area contributed by atoms with Gasteiger partial charge < -0.3 is 15.5 Å². The Labute approximate surface area is 95.8 Å². The average Bonchev–Trinajstić information content (AvgIpc) is 2.66. The van der Waals surface area contributed by atoms with Gasteiger partial charge in [-0.3, -0.25) is 0 Å². The fraction of sp³-hybridized carbons (Fsp3) is 0.727. The molecule has 0 aliphatic carbocycles. The Kier molecular flexibility index (Phi) is 2.28. The van der Waals surface area contributed by atoms with Gasteiger partial charge in [0.1, 0.15) is 5.69 Å². The molecule has 5 nitrogen and oxygen atoms in total. The van der Waals surface area contributed by atoms with Gasteiger partial charge in [-0.15, -0.1) is 0 Å². The van der Waals surface area contributed by atoms with Crippen LogP contribution < -0.4 is 15.5 Å². The number of nitrogens with zero attached hydrogens (tertiary/aromatic N) is 3. The van der Waals surface area contributed by atoms with Crippen molar-refractivity contribution in [1.82, 2.24) is 15.1 Å². The summed E-state index contributed by atoms with van der Waals surface area (Å²) >= 11 is 0. The highest BCUT2D eigenvalue weighted by Crippen LogP contribution is 2.34. The minimum atomic E-state index is 0.572. The van der Waals surface area contributed by atoms with Crippen molar-refractivity contribution in [3.63, 3.8) is 0 Å². The fourth-order valence-electron chi connectivity index (χ4n) is 2.73. The summed E-state index contributed by atoms with van der Waals surface area (Å²) in [4.78, 5) is 2.51. The molecule has 2 N–H and O–H groups in total. The molecular formula is C11H19N5. The first kappa shape index (κ1) is 9.96. The third kappa shape index (κ3) is 1.31. The standard InChI is InChI=1S/C11H19N5/c1-3-16-11-10(8(2)14-16)13-7-9-6-12-4-5-15(9)11/h9,12-13H,3-7H2,1-2H3. The Morgan fingerprint density at radius 1 is 1.44 bits per heavy atom. The predicted molar refractivity (Wildman–Crippen MR) is 65.1 cm³/mol. The molecule has 16 heavy (non-hydrogen) atoms. The second kappa shape index (κ2) is 3.66. The van der Waals surface area contributed by atoms with E-state index in [0.717, 1.165) is 38.4 Å². The lowest BCUT2D eigenvalue weighted by atomic mass is 10.1. The summed E-state index contributed by atoms with van der Waals surface area (Å²) in [6.45, 7) is 9.43. The van der Waals surface area contributed by atoms with Gasteiger partial charge in [0.15, 0.2) is 5.82 Å². The minimum Gasteiger partial charge on any atom is -0.378 e. The molecule has 5 heteroatoms. The molecule has 1 fully saturated rings. The minimum absolute atomic E-state index is 0.572. The van der Waals surface area contributed by atoms with Crippen molar-refractivity contribution >= 4 is 11.5 Å². The molecule has 1 aromatic heterocycles. The molecular weight excluding hydrogens is 202 g/mol. The number of aromatic nitrogens is 2. The van der Waals surface area contributed by atoms with Crippen molar-refractivity contribution in [3.8, 4) is 0 Å². The van der Waals surface area contributed by atoms with Crippen LogP contribution in [0.25, 0.3) is 0 Å². The van der Waals surface area contributed by atoms with Crippen molar-refractivity contribution in [3.05, 3.63) is 5.69 Å². The van der Waals surface area contributed by atoms with Crippen LogP contribution in [0.3, 0.4) is 0 Å². The topological polar surface area (TPSA) is 45.1 Å². The summed E-state index contributed by atoms with van der Waals surface area (Å²) in [6.07, 6.45) is 0. The lowest BCUT2D eigenvalue weighted by molar-refractivity contribution is 0.467. The Bertz CT molecular complexity index is 397. The maximum atomic E-state index is 4.59. The first-order chi connectivity index (χ1) is 7.81. The molecule has 1 atom stereocenters. The van der Waals surface area contributed by atoms with Gasteiger partial charge in [0, 0.05) is 32.7 Å². The zero-order valence-corrected chi connectivity index (χ0v) is 9.95. The lowest BCUT2D eigenvalue weighted by Crippen LogP contribution is -2.56. The van der Waals surface area contributed by atoms with Gasteiger partial charge in [0.2, 0.25) is 0 Å². The van der Waals surface area contributed by atoms with E-state index in [0.29, 0.717) is 6.04 Å². The molecule has 0 amide bonds. The van der Waals surface area contributed by atoms with Crippen LogP contribution in [0.15, 0.2) is 0 Å². The number of anilines is 2. The largest absolute Gasteiger partial charge is 0.378 e. The van der Waals surface area contributed by atoms with E-state index in [1.165, 1.54) is 11.5 Å². The summed E-state index contributed by atoms with van der Waals surface area (Å²) in [6, 6.07) is 0.572. The van der Waals surface area contributed by atoms with Gasteiger partial charge in [0.05, 0.1) is 11.7 Å². The molecule has 0 spiro atoms. The molecule has 1 saturated heterocycles. The Hall–Kier alpha value is -1.23. The molecule has 0 aromatic carbocycles. The summed E-state index contributed by atoms with van der Waals surface area (Å²) in [5.74, 6) is 1.29. The molecule has 0 saturated carbocycles. The van der Waals surface area contributed by atoms with Gasteiger partial charge in [0.25, 0.3) is 0 Å². The maximum absolute atomic E-state index is 4.59. The molecule has 0 bridgehead atoms. The maximum Gasteiger partial charge on any atom is 0.151 e. The third-order valence-electron chi connectivity index (χ3n) is 3.54. The van der Waals surface area contributed by atoms with E-state index in [9.17, 15) is 0 Å². The summed E-state index contributed by atoms with van der Waals surface area (Å²) < 4.78 is 2.12. The first-order valence-electron chi connectivity index (χ1n) is 6.10. The molecule has 88 valence electrons. The van der Waals surface area contributed by atoms with Crippen molar-refractivity contribution < 1.29 is 0 Å². The number of nitrogens with one attached hydrogen (secondary N) is 2. The highest BCUT2D eigenvalue weighted by atomic mass is 15.4. The number of piperazine rings is 1. The number of rotatable bonds is 1. The van der Waals surface area contributed by atoms with Crippen molar-refractivity contribution in [2.75, 3.05) is 36.4 Å². The number of aryl methyl sites for hydroxylation is 2. The fourth-order valence-corrected chi connectivity index (χ4v) is 2.73. The van der Waals surface area contributed by atoms with E-state index in [4.69, 9.17) is 0 Å². The van der Waals surface area contributed by atoms with Gasteiger partial charge in [-0.2, -0.15) is 5.10 Å². The highest BCUT2D eigenvalue weighted by molar-refractivity contribution is 5.72. The van der Waals surface area contributed by atoms with Crippen molar-refractivity contribution in [2.45, 2.75) is 26.4 Å². The highest BCUT2D eigenvalue weighted by Gasteiger charge is 2.32. The SMILES string of the molecule is CCn1nc(C)c2c1N1CCNCC1CN2. The van der Waals surface area contributed by atoms with E-state index >= 15 is 0 Å².